The molecule has 0 radical (unpaired) electrons. The summed E-state index contributed by atoms with van der Waals surface area (Å²) in [6.45, 7) is 5.10. The number of benzene rings is 1. The molecular weight excluding hydrogens is 621 g/mol. The SMILES string of the molecule is CCCCCCCCCCNC1(C#N)CC1.CCO[C@H]1C[C@@H](S(=O)(=O)c2ccc(-c3cnn(C)c3)cc2C(F)(F)F)C[C@@H]1C(=O)O. The minimum atomic E-state index is -4.91. The van der Waals surface area contributed by atoms with Crippen LogP contribution in [0.4, 0.5) is 13.2 Å². The first-order chi connectivity index (χ1) is 21.8. The van der Waals surface area contributed by atoms with E-state index in [9.17, 15) is 31.5 Å². The molecule has 2 aliphatic carbocycles. The number of alkyl halides is 3. The lowest BCUT2D eigenvalue weighted by molar-refractivity contribution is -0.146. The van der Waals surface area contributed by atoms with Crippen LogP contribution < -0.4 is 5.32 Å². The summed E-state index contributed by atoms with van der Waals surface area (Å²) in [5, 5.41) is 24.2. The molecule has 0 spiro atoms. The quantitative estimate of drug-likeness (QED) is 0.184. The Labute approximate surface area is 270 Å². The molecule has 3 atom stereocenters. The first kappa shape index (κ1) is 37.5. The van der Waals surface area contributed by atoms with E-state index >= 15 is 0 Å². The number of carbonyl (C=O) groups is 1. The highest BCUT2D eigenvalue weighted by molar-refractivity contribution is 7.92. The molecule has 4 rings (SSSR count). The standard InChI is InChI=1S/C19H21F3N2O5S.C14H26N2/c1-3-29-16-8-13(7-14(16)18(25)26)30(27,28)17-5-4-11(6-15(17)19(20,21)22)12-9-23-24(2)10-12;1-2-3-4-5-6-7-8-9-12-16-14(13-15)10-11-14/h4-6,9-10,13-14,16H,3,7-8H2,1-2H3,(H,25,26);16H,2-12H2,1H3/t13-,14-,16-;/m0./s1. The van der Waals surface area contributed by atoms with Crippen molar-refractivity contribution < 1.29 is 36.2 Å². The number of aliphatic carboxylic acids is 1. The van der Waals surface area contributed by atoms with E-state index < -0.39 is 49.7 Å². The smallest absolute Gasteiger partial charge is 0.417 e. The van der Waals surface area contributed by atoms with E-state index in [2.05, 4.69) is 23.4 Å². The van der Waals surface area contributed by atoms with Crippen molar-refractivity contribution in [2.45, 2.75) is 119 Å². The number of nitrogens with zero attached hydrogens (tertiary/aromatic N) is 3. The lowest BCUT2D eigenvalue weighted by Gasteiger charge is -2.18. The topological polar surface area (TPSA) is 134 Å². The van der Waals surface area contributed by atoms with Crippen LogP contribution in [0.5, 0.6) is 0 Å². The highest BCUT2D eigenvalue weighted by atomic mass is 32.2. The van der Waals surface area contributed by atoms with Crippen molar-refractivity contribution in [3.63, 3.8) is 0 Å². The monoisotopic (exact) mass is 668 g/mol. The molecule has 2 fully saturated rings. The third-order valence-electron chi connectivity index (χ3n) is 8.69. The molecule has 13 heteroatoms. The van der Waals surface area contributed by atoms with E-state index in [1.807, 2.05) is 0 Å². The van der Waals surface area contributed by atoms with Crippen molar-refractivity contribution in [3.05, 3.63) is 36.2 Å². The second kappa shape index (κ2) is 16.7. The highest BCUT2D eigenvalue weighted by Gasteiger charge is 2.48. The summed E-state index contributed by atoms with van der Waals surface area (Å²) in [5.41, 5.74) is -0.802. The first-order valence-electron chi connectivity index (χ1n) is 16.2. The molecule has 46 heavy (non-hydrogen) atoms. The zero-order valence-electron chi connectivity index (χ0n) is 27.0. The van der Waals surface area contributed by atoms with Crippen molar-refractivity contribution in [2.24, 2.45) is 13.0 Å². The van der Waals surface area contributed by atoms with Gasteiger partial charge in [-0.2, -0.15) is 23.5 Å². The van der Waals surface area contributed by atoms with Crippen LogP contribution in [0.15, 0.2) is 35.5 Å². The number of nitrogens with one attached hydrogen (secondary N) is 1. The number of rotatable bonds is 16. The summed E-state index contributed by atoms with van der Waals surface area (Å²) in [4.78, 5) is 10.6. The zero-order chi connectivity index (χ0) is 34.0. The number of aromatic nitrogens is 2. The van der Waals surface area contributed by atoms with Crippen molar-refractivity contribution in [2.75, 3.05) is 13.2 Å². The van der Waals surface area contributed by atoms with Gasteiger partial charge in [0.15, 0.2) is 9.84 Å². The van der Waals surface area contributed by atoms with E-state index in [1.165, 1.54) is 74.5 Å². The third kappa shape index (κ3) is 10.3. The second-order valence-electron chi connectivity index (χ2n) is 12.3. The normalized spacial score (nSPS) is 20.5. The molecule has 1 aromatic heterocycles. The van der Waals surface area contributed by atoms with Crippen LogP contribution in [0.1, 0.15) is 96.5 Å². The van der Waals surface area contributed by atoms with Gasteiger partial charge in [0.25, 0.3) is 0 Å². The maximum Gasteiger partial charge on any atom is 0.417 e. The Morgan fingerprint density at radius 2 is 1.76 bits per heavy atom. The van der Waals surface area contributed by atoms with Gasteiger partial charge in [0.05, 0.1) is 40.0 Å². The number of carboxylic acids is 1. The number of nitriles is 1. The summed E-state index contributed by atoms with van der Waals surface area (Å²) < 4.78 is 74.3. The highest BCUT2D eigenvalue weighted by Crippen LogP contribution is 2.42. The zero-order valence-corrected chi connectivity index (χ0v) is 27.8. The number of aryl methyl sites for hydroxylation is 1. The number of carboxylic acid groups (broad SMARTS) is 1. The summed E-state index contributed by atoms with van der Waals surface area (Å²) >= 11 is 0. The number of halogens is 3. The Hall–Kier alpha value is -2.95. The summed E-state index contributed by atoms with van der Waals surface area (Å²) in [7, 11) is -2.84. The van der Waals surface area contributed by atoms with Crippen molar-refractivity contribution in [3.8, 4) is 17.2 Å². The molecule has 2 aromatic rings. The summed E-state index contributed by atoms with van der Waals surface area (Å²) in [5.74, 6) is -2.32. The number of sulfone groups is 1. The first-order valence-corrected chi connectivity index (χ1v) is 17.8. The second-order valence-corrected chi connectivity index (χ2v) is 14.5. The summed E-state index contributed by atoms with van der Waals surface area (Å²) in [6, 6.07) is 5.38. The van der Waals surface area contributed by atoms with Gasteiger partial charge in [-0.05, 0) is 63.3 Å². The predicted octanol–water partition coefficient (Wildman–Crippen LogP) is 6.92. The largest absolute Gasteiger partial charge is 0.481 e. The third-order valence-corrected chi connectivity index (χ3v) is 10.9. The van der Waals surface area contributed by atoms with Crippen LogP contribution in [0.25, 0.3) is 11.1 Å². The van der Waals surface area contributed by atoms with Crippen molar-refractivity contribution in [1.82, 2.24) is 15.1 Å². The molecule has 1 heterocycles. The van der Waals surface area contributed by atoms with Gasteiger partial charge >= 0.3 is 12.1 Å². The molecule has 256 valence electrons. The van der Waals surface area contributed by atoms with Gasteiger partial charge in [0.1, 0.15) is 5.54 Å². The average Bonchev–Trinajstić information content (AvgIpc) is 3.43. The van der Waals surface area contributed by atoms with Gasteiger partial charge < -0.3 is 9.84 Å². The van der Waals surface area contributed by atoms with Gasteiger partial charge in [0, 0.05) is 25.4 Å². The lowest BCUT2D eigenvalue weighted by atomic mass is 10.1. The molecule has 0 aliphatic heterocycles. The molecule has 1 aromatic carbocycles. The molecule has 9 nitrogen and oxygen atoms in total. The van der Waals surface area contributed by atoms with Gasteiger partial charge in [-0.1, -0.05) is 57.9 Å². The maximum absolute atomic E-state index is 13.8. The Kier molecular flexibility index (Phi) is 13.7. The number of unbranched alkanes of at least 4 members (excludes halogenated alkanes) is 7. The number of ether oxygens (including phenoxy) is 1. The maximum atomic E-state index is 13.8. The van der Waals surface area contributed by atoms with Crippen molar-refractivity contribution >= 4 is 15.8 Å². The lowest BCUT2D eigenvalue weighted by Crippen LogP contribution is -2.30. The molecule has 0 saturated heterocycles. The number of hydrogen-bond acceptors (Lipinski definition) is 7. The van der Waals surface area contributed by atoms with Gasteiger partial charge in [-0.25, -0.2) is 8.42 Å². The molecule has 0 unspecified atom stereocenters. The Balaban J connectivity index is 0.000000304. The van der Waals surface area contributed by atoms with E-state index in [0.29, 0.717) is 5.56 Å². The Morgan fingerprint density at radius 3 is 2.28 bits per heavy atom. The van der Waals surface area contributed by atoms with E-state index in [-0.39, 0.29) is 30.6 Å². The van der Waals surface area contributed by atoms with Crippen LogP contribution in [0.2, 0.25) is 0 Å². The summed E-state index contributed by atoms with van der Waals surface area (Å²) in [6.07, 6.45) is 9.62. The van der Waals surface area contributed by atoms with Crippen LogP contribution in [-0.2, 0) is 32.6 Å². The fourth-order valence-corrected chi connectivity index (χ4v) is 7.84. The van der Waals surface area contributed by atoms with Crippen LogP contribution in [0.3, 0.4) is 0 Å². The molecular formula is C33H47F3N4O5S. The van der Waals surface area contributed by atoms with Crippen molar-refractivity contribution in [1.29, 1.82) is 5.26 Å². The van der Waals surface area contributed by atoms with E-state index in [0.717, 1.165) is 31.5 Å². The fraction of sp³-hybridized carbons (Fsp3) is 0.667. The van der Waals surface area contributed by atoms with Crippen LogP contribution >= 0.6 is 0 Å². The molecule has 0 bridgehead atoms. The van der Waals surface area contributed by atoms with Crippen LogP contribution in [-0.4, -0.2) is 59.3 Å². The Morgan fingerprint density at radius 1 is 1.11 bits per heavy atom. The Bertz CT molecular complexity index is 1430. The van der Waals surface area contributed by atoms with Crippen LogP contribution in [0, 0.1) is 17.2 Å². The van der Waals surface area contributed by atoms with Gasteiger partial charge in [-0.15, -0.1) is 0 Å². The van der Waals surface area contributed by atoms with E-state index in [1.54, 1.807) is 14.0 Å². The fourth-order valence-electron chi connectivity index (χ4n) is 5.83. The molecule has 2 aliphatic rings. The van der Waals surface area contributed by atoms with E-state index in [4.69, 9.17) is 10.00 Å². The molecule has 2 saturated carbocycles. The minimum absolute atomic E-state index is 0.110. The number of hydrogen-bond donors (Lipinski definition) is 2. The minimum Gasteiger partial charge on any atom is -0.481 e. The van der Waals surface area contributed by atoms with Gasteiger partial charge in [-0.3, -0.25) is 14.8 Å². The molecule has 0 amide bonds. The predicted molar refractivity (Wildman–Crippen MR) is 169 cm³/mol. The van der Waals surface area contributed by atoms with Gasteiger partial charge in [0.2, 0.25) is 0 Å². The molecule has 2 N–H and O–H groups in total. The average molecular weight is 669 g/mol.